The molecule has 124 valence electrons. The maximum Gasteiger partial charge on any atom is 1.00 e. The van der Waals surface area contributed by atoms with Gasteiger partial charge in [-0.2, -0.15) is 18.2 Å². The summed E-state index contributed by atoms with van der Waals surface area (Å²) in [6.07, 6.45) is 0. The third-order valence-corrected chi connectivity index (χ3v) is 4.65. The van der Waals surface area contributed by atoms with Crippen LogP contribution in [0.2, 0.25) is 0 Å². The molecule has 1 amide bonds. The Bertz CT molecular complexity index is 1010. The van der Waals surface area contributed by atoms with E-state index in [-0.39, 0.29) is 99.7 Å². The van der Waals surface area contributed by atoms with Crippen molar-refractivity contribution in [3.63, 3.8) is 0 Å². The summed E-state index contributed by atoms with van der Waals surface area (Å²) in [5.74, 6) is -0.703. The van der Waals surface area contributed by atoms with Gasteiger partial charge in [0.05, 0.1) is 16.7 Å². The van der Waals surface area contributed by atoms with Crippen LogP contribution in [0, 0.1) is 6.07 Å². The van der Waals surface area contributed by atoms with E-state index < -0.39 is 47.9 Å². The molecule has 0 heterocycles. The number of benzene rings is 2. The van der Waals surface area contributed by atoms with Gasteiger partial charge in [0.15, 0.2) is 0 Å². The van der Waals surface area contributed by atoms with E-state index in [0.717, 1.165) is 24.3 Å². The van der Waals surface area contributed by atoms with Crippen LogP contribution in [0.1, 0.15) is 0 Å². The van der Waals surface area contributed by atoms with Crippen LogP contribution in [-0.2, 0) is 25.0 Å². The van der Waals surface area contributed by atoms with Crippen LogP contribution in [0.15, 0.2) is 34.1 Å². The Balaban J connectivity index is 0. The zero-order chi connectivity index (χ0) is 17.4. The largest absolute Gasteiger partial charge is 1.00 e. The molecule has 0 aliphatic heterocycles. The first kappa shape index (κ1) is 29.2. The molecular weight excluding hydrogens is 417 g/mol. The maximum absolute atomic E-state index is 11.4. The van der Waals surface area contributed by atoms with Crippen LogP contribution in [0.5, 0.6) is 0 Å². The summed E-state index contributed by atoms with van der Waals surface area (Å²) in [5.41, 5.74) is 4.98. The van der Waals surface area contributed by atoms with Gasteiger partial charge in [-0.05, 0) is 11.0 Å². The van der Waals surface area contributed by atoms with Gasteiger partial charge in [-0.1, -0.05) is 11.5 Å². The maximum atomic E-state index is 11.4. The smallest absolute Gasteiger partial charge is 0.754 e. The predicted molar refractivity (Wildman–Crippen MR) is 76.4 cm³/mol. The van der Waals surface area contributed by atoms with Gasteiger partial charge in [0.2, 0.25) is 5.91 Å². The Labute approximate surface area is 216 Å². The van der Waals surface area contributed by atoms with Crippen molar-refractivity contribution in [3.05, 3.63) is 30.3 Å². The molecule has 0 bridgehead atoms. The van der Waals surface area contributed by atoms with E-state index in [1.807, 2.05) is 0 Å². The van der Waals surface area contributed by atoms with Crippen molar-refractivity contribution in [1.82, 2.24) is 0 Å². The topological polar surface area (TPSA) is 170 Å². The average Bonchev–Trinajstić information content (AvgIpc) is 2.44. The molecular formula is C12H9N2Na3O7S2. The molecule has 0 radical (unpaired) electrons. The fraction of sp³-hybridized carbons (Fsp3) is 0.0833. The molecule has 0 spiro atoms. The van der Waals surface area contributed by atoms with Crippen molar-refractivity contribution in [2.45, 2.75) is 9.79 Å². The molecule has 0 unspecified atom stereocenters. The molecule has 0 saturated carbocycles. The van der Waals surface area contributed by atoms with E-state index in [9.17, 15) is 30.7 Å². The van der Waals surface area contributed by atoms with E-state index >= 15 is 0 Å². The van der Waals surface area contributed by atoms with Crippen molar-refractivity contribution in [3.8, 4) is 0 Å². The monoisotopic (exact) mass is 426 g/mol. The molecule has 14 heteroatoms. The van der Waals surface area contributed by atoms with Gasteiger partial charge in [-0.3, -0.25) is 13.2 Å². The summed E-state index contributed by atoms with van der Waals surface area (Å²) in [5, 5.41) is 1.52. The summed E-state index contributed by atoms with van der Waals surface area (Å²) in [6, 6.07) is 6.06. The fourth-order valence-corrected chi connectivity index (χ4v) is 3.35. The van der Waals surface area contributed by atoms with Crippen molar-refractivity contribution in [2.24, 2.45) is 5.73 Å². The van der Waals surface area contributed by atoms with Gasteiger partial charge in [0.25, 0.3) is 0 Å². The molecule has 3 N–H and O–H groups in total. The number of amides is 1. The number of anilines is 1. The van der Waals surface area contributed by atoms with Gasteiger partial charge in [-0.15, -0.1) is 5.39 Å². The van der Waals surface area contributed by atoms with Crippen molar-refractivity contribution in [1.29, 1.82) is 0 Å². The molecule has 0 atom stereocenters. The number of rotatable bonds is 4. The average molecular weight is 426 g/mol. The van der Waals surface area contributed by atoms with E-state index in [4.69, 9.17) is 5.73 Å². The predicted octanol–water partition coefficient (Wildman–Crippen LogP) is -9.64. The second kappa shape index (κ2) is 11.2. The second-order valence-electron chi connectivity index (χ2n) is 4.38. The molecule has 0 fully saturated rings. The van der Waals surface area contributed by atoms with Gasteiger partial charge in [-0.25, -0.2) is 8.42 Å². The Hall–Kier alpha value is 0.950. The fourth-order valence-electron chi connectivity index (χ4n) is 2.00. The van der Waals surface area contributed by atoms with E-state index in [2.05, 4.69) is 11.4 Å². The van der Waals surface area contributed by atoms with Gasteiger partial charge in [0.1, 0.15) is 10.1 Å². The normalized spacial score (nSPS) is 10.9. The minimum absolute atomic E-state index is 0. The van der Waals surface area contributed by atoms with Gasteiger partial charge >= 0.3 is 88.7 Å². The van der Waals surface area contributed by atoms with Crippen LogP contribution in [0.25, 0.3) is 10.8 Å². The van der Waals surface area contributed by atoms with Gasteiger partial charge < -0.3 is 20.2 Å². The molecule has 0 aliphatic carbocycles. The summed E-state index contributed by atoms with van der Waals surface area (Å²) in [6.45, 7) is -0.429. The molecule has 2 aromatic carbocycles. The zero-order valence-corrected chi connectivity index (χ0v) is 21.9. The summed E-state index contributed by atoms with van der Waals surface area (Å²) in [4.78, 5) is 9.87. The van der Waals surface area contributed by atoms with Crippen LogP contribution < -0.4 is 99.7 Å². The zero-order valence-electron chi connectivity index (χ0n) is 14.3. The summed E-state index contributed by atoms with van der Waals surface area (Å²) < 4.78 is 68.0. The number of carbonyl (C=O) groups excluding carboxylic acids is 1. The molecule has 26 heavy (non-hydrogen) atoms. The standard InChI is InChI=1S/C12H11N2O7S2.3Na/c13-6-11(15)14-8-4-5-9(22(16,17)18)7-2-1-3-10(12(7)8)23(19,20)21;;;/h2-5H,6,13H2,(H,14,15)(H,16,17,18)(H,19,20,21);;;/q-1;3*+1/p-2. The van der Waals surface area contributed by atoms with Crippen LogP contribution in [-0.4, -0.2) is 38.4 Å². The minimum atomic E-state index is -5.02. The Kier molecular flexibility index (Phi) is 12.6. The summed E-state index contributed by atoms with van der Waals surface area (Å²) in [7, 11) is -9.96. The Morgan fingerprint density at radius 3 is 2.00 bits per heavy atom. The van der Waals surface area contributed by atoms with Crippen LogP contribution in [0.4, 0.5) is 5.69 Å². The first-order chi connectivity index (χ1) is 10.6. The molecule has 0 aliphatic rings. The Morgan fingerprint density at radius 2 is 1.54 bits per heavy atom. The minimum Gasteiger partial charge on any atom is -0.754 e. The van der Waals surface area contributed by atoms with E-state index in [1.165, 1.54) is 0 Å². The van der Waals surface area contributed by atoms with Crippen molar-refractivity contribution < 1.29 is 119 Å². The Morgan fingerprint density at radius 1 is 1.00 bits per heavy atom. The molecule has 2 aromatic rings. The molecule has 0 aromatic heterocycles. The third-order valence-electron chi connectivity index (χ3n) is 2.89. The third kappa shape index (κ3) is 6.78. The molecule has 2 rings (SSSR count). The van der Waals surface area contributed by atoms with E-state index in [0.29, 0.717) is 0 Å². The number of nitrogens with two attached hydrogens (primary N) is 1. The summed E-state index contributed by atoms with van der Waals surface area (Å²) >= 11 is 0. The SMILES string of the molecule is NCC(=O)Nc1ccc(S(=O)(=O)[O-])c2c[c-]cc(S(=O)(=O)[O-])c12.[Na+].[Na+].[Na+]. The number of nitrogens with one attached hydrogen (secondary N) is 1. The molecule has 0 saturated heterocycles. The quantitative estimate of drug-likeness (QED) is 0.276. The number of carbonyl (C=O) groups is 1. The first-order valence-electron chi connectivity index (χ1n) is 5.94. The van der Waals surface area contributed by atoms with E-state index in [1.54, 1.807) is 0 Å². The number of hydrogen-bond donors (Lipinski definition) is 2. The van der Waals surface area contributed by atoms with Gasteiger partial charge in [0, 0.05) is 10.6 Å². The van der Waals surface area contributed by atoms with Crippen LogP contribution in [0.3, 0.4) is 0 Å². The molecule has 9 nitrogen and oxygen atoms in total. The number of fused-ring (bicyclic) bond motifs is 1. The van der Waals surface area contributed by atoms with Crippen molar-refractivity contribution >= 4 is 42.6 Å². The van der Waals surface area contributed by atoms with Crippen molar-refractivity contribution in [2.75, 3.05) is 11.9 Å². The number of hydrogen-bond acceptors (Lipinski definition) is 8. The van der Waals surface area contributed by atoms with Crippen LogP contribution >= 0.6 is 0 Å². The second-order valence-corrected chi connectivity index (χ2v) is 7.08. The first-order valence-corrected chi connectivity index (χ1v) is 8.76.